The summed E-state index contributed by atoms with van der Waals surface area (Å²) in [5.41, 5.74) is 10.2. The largest absolute Gasteiger partial charge is 0.494 e. The fourth-order valence-electron chi connectivity index (χ4n) is 4.06. The third-order valence-corrected chi connectivity index (χ3v) is 5.79. The molecule has 0 bridgehead atoms. The number of carbonyl (C=O) groups is 1. The first-order valence-corrected chi connectivity index (χ1v) is 10.5. The van der Waals surface area contributed by atoms with Crippen LogP contribution in [0.3, 0.4) is 0 Å². The number of nitrogens with zero attached hydrogens (tertiary/aromatic N) is 2. The summed E-state index contributed by atoms with van der Waals surface area (Å²) in [6.45, 7) is 8.01. The summed E-state index contributed by atoms with van der Waals surface area (Å²) < 4.78 is 5.51. The standard InChI is InChI=1S/C23H30N4O2/c1-3-29-20-10-6-18(7-11-20)21-16-22(25-24-21)23(28)27-14-12-26(13-15-27)19-8-4-17(2)5-9-19/h4-11,21-22,24-25H,3,12-16H2,1-2H3. The van der Waals surface area contributed by atoms with Crippen LogP contribution in [0.2, 0.25) is 0 Å². The molecule has 0 radical (unpaired) electrons. The van der Waals surface area contributed by atoms with Gasteiger partial charge in [0, 0.05) is 37.9 Å². The molecule has 2 aliphatic rings. The number of amides is 1. The van der Waals surface area contributed by atoms with Crippen molar-refractivity contribution in [2.75, 3.05) is 37.7 Å². The molecule has 29 heavy (non-hydrogen) atoms. The summed E-state index contributed by atoms with van der Waals surface area (Å²) in [5.74, 6) is 1.07. The fraction of sp³-hybridized carbons (Fsp3) is 0.435. The Morgan fingerprint density at radius 3 is 2.34 bits per heavy atom. The number of anilines is 1. The zero-order valence-corrected chi connectivity index (χ0v) is 17.2. The van der Waals surface area contributed by atoms with E-state index >= 15 is 0 Å². The van der Waals surface area contributed by atoms with Crippen molar-refractivity contribution in [3.8, 4) is 5.75 Å². The van der Waals surface area contributed by atoms with Gasteiger partial charge < -0.3 is 14.5 Å². The highest BCUT2D eigenvalue weighted by Crippen LogP contribution is 2.25. The highest BCUT2D eigenvalue weighted by Gasteiger charge is 2.34. The van der Waals surface area contributed by atoms with E-state index in [2.05, 4.69) is 59.1 Å². The molecule has 2 aliphatic heterocycles. The summed E-state index contributed by atoms with van der Waals surface area (Å²) in [6, 6.07) is 16.7. The van der Waals surface area contributed by atoms with E-state index in [4.69, 9.17) is 4.74 Å². The fourth-order valence-corrected chi connectivity index (χ4v) is 4.06. The number of piperazine rings is 1. The maximum atomic E-state index is 13.0. The van der Waals surface area contributed by atoms with Gasteiger partial charge in [-0.25, -0.2) is 10.9 Å². The molecule has 2 aromatic carbocycles. The van der Waals surface area contributed by atoms with E-state index in [1.807, 2.05) is 24.0 Å². The molecule has 6 nitrogen and oxygen atoms in total. The Labute approximate surface area is 172 Å². The van der Waals surface area contributed by atoms with Crippen LogP contribution in [-0.4, -0.2) is 49.6 Å². The molecule has 154 valence electrons. The van der Waals surface area contributed by atoms with Crippen LogP contribution in [0.1, 0.15) is 30.5 Å². The summed E-state index contributed by atoms with van der Waals surface area (Å²) in [4.78, 5) is 17.3. The maximum Gasteiger partial charge on any atom is 0.241 e. The Balaban J connectivity index is 1.30. The lowest BCUT2D eigenvalue weighted by molar-refractivity contribution is -0.133. The van der Waals surface area contributed by atoms with E-state index in [9.17, 15) is 4.79 Å². The summed E-state index contributed by atoms with van der Waals surface area (Å²) in [5, 5.41) is 0. The highest BCUT2D eigenvalue weighted by molar-refractivity contribution is 5.82. The van der Waals surface area contributed by atoms with Crippen LogP contribution in [-0.2, 0) is 4.79 Å². The Morgan fingerprint density at radius 2 is 1.69 bits per heavy atom. The molecule has 4 rings (SSSR count). The van der Waals surface area contributed by atoms with Gasteiger partial charge in [-0.05, 0) is 50.1 Å². The number of benzene rings is 2. The van der Waals surface area contributed by atoms with Crippen LogP contribution in [0, 0.1) is 6.92 Å². The van der Waals surface area contributed by atoms with Gasteiger partial charge in [0.25, 0.3) is 0 Å². The monoisotopic (exact) mass is 394 g/mol. The van der Waals surface area contributed by atoms with Gasteiger partial charge >= 0.3 is 0 Å². The van der Waals surface area contributed by atoms with Crippen LogP contribution >= 0.6 is 0 Å². The van der Waals surface area contributed by atoms with E-state index in [0.29, 0.717) is 6.61 Å². The van der Waals surface area contributed by atoms with E-state index in [1.54, 1.807) is 0 Å². The van der Waals surface area contributed by atoms with Crippen molar-refractivity contribution in [2.45, 2.75) is 32.4 Å². The van der Waals surface area contributed by atoms with Gasteiger partial charge in [0.1, 0.15) is 11.8 Å². The smallest absolute Gasteiger partial charge is 0.241 e. The number of hydrogen-bond acceptors (Lipinski definition) is 5. The molecule has 6 heteroatoms. The summed E-state index contributed by atoms with van der Waals surface area (Å²) in [6.07, 6.45) is 0.755. The van der Waals surface area contributed by atoms with Gasteiger partial charge in [0.2, 0.25) is 5.91 Å². The Bertz CT molecular complexity index is 814. The van der Waals surface area contributed by atoms with E-state index in [-0.39, 0.29) is 18.0 Å². The van der Waals surface area contributed by atoms with Gasteiger partial charge in [-0.3, -0.25) is 4.79 Å². The van der Waals surface area contributed by atoms with Crippen LogP contribution in [0.25, 0.3) is 0 Å². The number of hydrazine groups is 1. The zero-order valence-electron chi connectivity index (χ0n) is 17.2. The maximum absolute atomic E-state index is 13.0. The normalized spacial score (nSPS) is 22.0. The molecular weight excluding hydrogens is 364 g/mol. The summed E-state index contributed by atoms with van der Waals surface area (Å²) in [7, 11) is 0. The van der Waals surface area contributed by atoms with Crippen molar-refractivity contribution in [2.24, 2.45) is 0 Å². The molecule has 0 aromatic heterocycles. The van der Waals surface area contributed by atoms with Crippen molar-refractivity contribution in [1.82, 2.24) is 15.8 Å². The molecule has 0 saturated carbocycles. The van der Waals surface area contributed by atoms with E-state index < -0.39 is 0 Å². The average molecular weight is 395 g/mol. The molecule has 0 aliphatic carbocycles. The molecular formula is C23H30N4O2. The lowest BCUT2D eigenvalue weighted by atomic mass is 10.0. The molecule has 2 atom stereocenters. The lowest BCUT2D eigenvalue weighted by Crippen LogP contribution is -2.53. The first kappa shape index (κ1) is 19.7. The van der Waals surface area contributed by atoms with Crippen molar-refractivity contribution < 1.29 is 9.53 Å². The first-order chi connectivity index (χ1) is 14.1. The number of nitrogens with one attached hydrogen (secondary N) is 2. The highest BCUT2D eigenvalue weighted by atomic mass is 16.5. The van der Waals surface area contributed by atoms with Crippen molar-refractivity contribution in [3.05, 3.63) is 59.7 Å². The Hall–Kier alpha value is -2.57. The van der Waals surface area contributed by atoms with Gasteiger partial charge in [0.15, 0.2) is 0 Å². The molecule has 2 aromatic rings. The molecule has 2 heterocycles. The van der Waals surface area contributed by atoms with Crippen LogP contribution in [0.15, 0.2) is 48.5 Å². The minimum absolute atomic E-state index is 0.133. The quantitative estimate of drug-likeness (QED) is 0.817. The average Bonchev–Trinajstić information content (AvgIpc) is 3.25. The summed E-state index contributed by atoms with van der Waals surface area (Å²) >= 11 is 0. The Kier molecular flexibility index (Phi) is 6.02. The lowest BCUT2D eigenvalue weighted by Gasteiger charge is -2.37. The SMILES string of the molecule is CCOc1ccc(C2CC(C(=O)N3CCN(c4ccc(C)cc4)CC3)NN2)cc1. The van der Waals surface area contributed by atoms with Crippen LogP contribution in [0.5, 0.6) is 5.75 Å². The molecule has 1 amide bonds. The van der Waals surface area contributed by atoms with Gasteiger partial charge in [-0.2, -0.15) is 0 Å². The third-order valence-electron chi connectivity index (χ3n) is 5.79. The van der Waals surface area contributed by atoms with E-state index in [0.717, 1.165) is 38.3 Å². The van der Waals surface area contributed by atoms with Crippen LogP contribution in [0.4, 0.5) is 5.69 Å². The molecule has 0 spiro atoms. The third kappa shape index (κ3) is 4.54. The van der Waals surface area contributed by atoms with Gasteiger partial charge in [0.05, 0.1) is 6.61 Å². The minimum Gasteiger partial charge on any atom is -0.494 e. The van der Waals surface area contributed by atoms with Crippen molar-refractivity contribution in [1.29, 1.82) is 0 Å². The molecule has 2 N–H and O–H groups in total. The van der Waals surface area contributed by atoms with Gasteiger partial charge in [-0.15, -0.1) is 0 Å². The predicted octanol–water partition coefficient (Wildman–Crippen LogP) is 2.65. The van der Waals surface area contributed by atoms with E-state index in [1.165, 1.54) is 16.8 Å². The second kappa shape index (κ2) is 8.84. The molecule has 2 unspecified atom stereocenters. The second-order valence-corrected chi connectivity index (χ2v) is 7.78. The van der Waals surface area contributed by atoms with Crippen molar-refractivity contribution >= 4 is 11.6 Å². The number of aryl methyl sites for hydroxylation is 1. The molecule has 2 fully saturated rings. The van der Waals surface area contributed by atoms with Crippen molar-refractivity contribution in [3.63, 3.8) is 0 Å². The topological polar surface area (TPSA) is 56.8 Å². The Morgan fingerprint density at radius 1 is 1.00 bits per heavy atom. The predicted molar refractivity (Wildman–Crippen MR) is 115 cm³/mol. The number of rotatable bonds is 5. The zero-order chi connectivity index (χ0) is 20.2. The number of ether oxygens (including phenoxy) is 1. The van der Waals surface area contributed by atoms with Crippen LogP contribution < -0.4 is 20.5 Å². The number of carbonyl (C=O) groups excluding carboxylic acids is 1. The number of hydrogen-bond donors (Lipinski definition) is 2. The second-order valence-electron chi connectivity index (χ2n) is 7.78. The first-order valence-electron chi connectivity index (χ1n) is 10.5. The molecule has 2 saturated heterocycles. The van der Waals surface area contributed by atoms with Gasteiger partial charge in [-0.1, -0.05) is 29.8 Å². The minimum atomic E-state index is -0.183.